The summed E-state index contributed by atoms with van der Waals surface area (Å²) in [5, 5.41) is 2.78. The first-order chi connectivity index (χ1) is 9.06. The van der Waals surface area contributed by atoms with Crippen LogP contribution in [-0.2, 0) is 9.53 Å². The predicted octanol–water partition coefficient (Wildman–Crippen LogP) is 1.90. The van der Waals surface area contributed by atoms with Crippen LogP contribution in [-0.4, -0.2) is 24.5 Å². The van der Waals surface area contributed by atoms with Gasteiger partial charge in [0.25, 0.3) is 5.91 Å². The van der Waals surface area contributed by atoms with Crippen LogP contribution in [0.3, 0.4) is 0 Å². The Labute approximate surface area is 110 Å². The highest BCUT2D eigenvalue weighted by molar-refractivity contribution is 5.91. The molecule has 1 aromatic rings. The molecule has 5 heteroatoms. The lowest BCUT2D eigenvalue weighted by molar-refractivity contribution is -0.124. The molecule has 0 bridgehead atoms. The number of esters is 1. The first-order valence-electron chi connectivity index (χ1n) is 6.28. The van der Waals surface area contributed by atoms with Crippen LogP contribution in [0.2, 0.25) is 0 Å². The summed E-state index contributed by atoms with van der Waals surface area (Å²) in [5.74, 6) is -0.812. The lowest BCUT2D eigenvalue weighted by Crippen LogP contribution is -2.37. The number of nitrogens with one attached hydrogen (secondary N) is 1. The van der Waals surface area contributed by atoms with Crippen LogP contribution in [0, 0.1) is 11.7 Å². The summed E-state index contributed by atoms with van der Waals surface area (Å²) in [6.07, 6.45) is 2.27. The molecule has 1 aromatic carbocycles. The zero-order valence-corrected chi connectivity index (χ0v) is 10.7. The number of halogens is 1. The zero-order chi connectivity index (χ0) is 13.8. The van der Waals surface area contributed by atoms with Gasteiger partial charge in [0.05, 0.1) is 5.56 Å². The molecule has 1 fully saturated rings. The maximum Gasteiger partial charge on any atom is 0.338 e. The fraction of sp³-hybridized carbons (Fsp3) is 0.429. The van der Waals surface area contributed by atoms with Gasteiger partial charge in [-0.25, -0.2) is 9.18 Å². The SMILES string of the molecule is C[C@H](NC(=O)COC(=O)c1ccc(F)cc1)C1CC1. The second kappa shape index (κ2) is 5.82. The molecule has 102 valence electrons. The Morgan fingerprint density at radius 1 is 1.37 bits per heavy atom. The van der Waals surface area contributed by atoms with E-state index in [4.69, 9.17) is 4.74 Å². The normalized spacial score (nSPS) is 15.7. The van der Waals surface area contributed by atoms with Crippen LogP contribution >= 0.6 is 0 Å². The van der Waals surface area contributed by atoms with Gasteiger partial charge < -0.3 is 10.1 Å². The molecule has 19 heavy (non-hydrogen) atoms. The van der Waals surface area contributed by atoms with E-state index in [0.29, 0.717) is 5.92 Å². The molecule has 0 spiro atoms. The molecule has 1 amide bonds. The molecule has 0 aromatic heterocycles. The number of rotatable bonds is 5. The van der Waals surface area contributed by atoms with Crippen LogP contribution in [0.4, 0.5) is 4.39 Å². The van der Waals surface area contributed by atoms with E-state index < -0.39 is 11.8 Å². The van der Waals surface area contributed by atoms with E-state index in [0.717, 1.165) is 12.8 Å². The predicted molar refractivity (Wildman–Crippen MR) is 67.0 cm³/mol. The number of benzene rings is 1. The Bertz CT molecular complexity index is 468. The first-order valence-corrected chi connectivity index (χ1v) is 6.28. The summed E-state index contributed by atoms with van der Waals surface area (Å²) in [7, 11) is 0. The number of ether oxygens (including phenoxy) is 1. The van der Waals surface area contributed by atoms with E-state index in [2.05, 4.69) is 5.32 Å². The molecular formula is C14H16FNO3. The largest absolute Gasteiger partial charge is 0.452 e. The Morgan fingerprint density at radius 2 is 2.00 bits per heavy atom. The molecule has 2 rings (SSSR count). The van der Waals surface area contributed by atoms with Gasteiger partial charge in [0.15, 0.2) is 6.61 Å². The van der Waals surface area contributed by atoms with Crippen molar-refractivity contribution in [3.63, 3.8) is 0 Å². The number of amides is 1. The summed E-state index contributed by atoms with van der Waals surface area (Å²) in [6, 6.07) is 5.11. The van der Waals surface area contributed by atoms with Crippen molar-refractivity contribution in [1.29, 1.82) is 0 Å². The second-order valence-corrected chi connectivity index (χ2v) is 4.78. The number of carbonyl (C=O) groups is 2. The second-order valence-electron chi connectivity index (χ2n) is 4.78. The molecule has 0 aliphatic heterocycles. The van der Waals surface area contributed by atoms with E-state index in [-0.39, 0.29) is 24.1 Å². The van der Waals surface area contributed by atoms with Crippen LogP contribution in [0.25, 0.3) is 0 Å². The minimum atomic E-state index is -0.630. The topological polar surface area (TPSA) is 55.4 Å². The minimum absolute atomic E-state index is 0.122. The van der Waals surface area contributed by atoms with Gasteiger partial charge in [-0.05, 0) is 49.9 Å². The summed E-state index contributed by atoms with van der Waals surface area (Å²) in [4.78, 5) is 23.1. The van der Waals surface area contributed by atoms with Gasteiger partial charge in [0, 0.05) is 6.04 Å². The van der Waals surface area contributed by atoms with Crippen LogP contribution in [0.15, 0.2) is 24.3 Å². The van der Waals surface area contributed by atoms with Crippen molar-refractivity contribution < 1.29 is 18.7 Å². The lowest BCUT2D eigenvalue weighted by atomic mass is 10.2. The molecule has 1 N–H and O–H groups in total. The van der Waals surface area contributed by atoms with Crippen molar-refractivity contribution >= 4 is 11.9 Å². The number of hydrogen-bond donors (Lipinski definition) is 1. The number of carbonyl (C=O) groups excluding carboxylic acids is 2. The molecule has 1 aliphatic carbocycles. The average Bonchev–Trinajstić information content (AvgIpc) is 3.21. The molecule has 0 saturated heterocycles. The van der Waals surface area contributed by atoms with Crippen molar-refractivity contribution in [3.05, 3.63) is 35.6 Å². The van der Waals surface area contributed by atoms with Crippen molar-refractivity contribution in [1.82, 2.24) is 5.32 Å². The molecule has 1 aliphatic rings. The van der Waals surface area contributed by atoms with Gasteiger partial charge in [0.1, 0.15) is 5.82 Å². The summed E-state index contributed by atoms with van der Waals surface area (Å²) >= 11 is 0. The molecule has 1 saturated carbocycles. The number of hydrogen-bond acceptors (Lipinski definition) is 3. The van der Waals surface area contributed by atoms with Crippen LogP contribution in [0.1, 0.15) is 30.1 Å². The van der Waals surface area contributed by atoms with E-state index in [1.807, 2.05) is 6.92 Å². The van der Waals surface area contributed by atoms with Gasteiger partial charge in [-0.1, -0.05) is 0 Å². The van der Waals surface area contributed by atoms with Crippen molar-refractivity contribution in [2.24, 2.45) is 5.92 Å². The third-order valence-electron chi connectivity index (χ3n) is 3.13. The van der Waals surface area contributed by atoms with Crippen molar-refractivity contribution in [2.75, 3.05) is 6.61 Å². The average molecular weight is 265 g/mol. The zero-order valence-electron chi connectivity index (χ0n) is 10.7. The Kier molecular flexibility index (Phi) is 4.14. The Balaban J connectivity index is 1.76. The fourth-order valence-corrected chi connectivity index (χ4v) is 1.81. The van der Waals surface area contributed by atoms with E-state index >= 15 is 0 Å². The van der Waals surface area contributed by atoms with Gasteiger partial charge in [-0.3, -0.25) is 4.79 Å². The third kappa shape index (κ3) is 4.05. The van der Waals surface area contributed by atoms with Crippen LogP contribution < -0.4 is 5.32 Å². The van der Waals surface area contributed by atoms with Crippen molar-refractivity contribution in [2.45, 2.75) is 25.8 Å². The van der Waals surface area contributed by atoms with Gasteiger partial charge >= 0.3 is 5.97 Å². The highest BCUT2D eigenvalue weighted by Gasteiger charge is 2.28. The standard InChI is InChI=1S/C14H16FNO3/c1-9(10-2-3-10)16-13(17)8-19-14(18)11-4-6-12(15)7-5-11/h4-7,9-10H,2-3,8H2,1H3,(H,16,17)/t9-/m0/s1. The van der Waals surface area contributed by atoms with E-state index in [1.165, 1.54) is 24.3 Å². The van der Waals surface area contributed by atoms with E-state index in [9.17, 15) is 14.0 Å². The molecular weight excluding hydrogens is 249 g/mol. The van der Waals surface area contributed by atoms with Crippen LogP contribution in [0.5, 0.6) is 0 Å². The third-order valence-corrected chi connectivity index (χ3v) is 3.13. The maximum absolute atomic E-state index is 12.7. The highest BCUT2D eigenvalue weighted by Crippen LogP contribution is 2.32. The molecule has 4 nitrogen and oxygen atoms in total. The van der Waals surface area contributed by atoms with E-state index in [1.54, 1.807) is 0 Å². The quantitative estimate of drug-likeness (QED) is 0.827. The van der Waals surface area contributed by atoms with Crippen molar-refractivity contribution in [3.8, 4) is 0 Å². The van der Waals surface area contributed by atoms with Gasteiger partial charge in [-0.2, -0.15) is 0 Å². The van der Waals surface area contributed by atoms with Gasteiger partial charge in [-0.15, -0.1) is 0 Å². The Morgan fingerprint density at radius 3 is 2.58 bits per heavy atom. The molecule has 0 heterocycles. The Hall–Kier alpha value is -1.91. The smallest absolute Gasteiger partial charge is 0.338 e. The fourth-order valence-electron chi connectivity index (χ4n) is 1.81. The first kappa shape index (κ1) is 13.5. The maximum atomic E-state index is 12.7. The summed E-state index contributed by atoms with van der Waals surface area (Å²) < 4.78 is 17.5. The lowest BCUT2D eigenvalue weighted by Gasteiger charge is -2.12. The molecule has 1 atom stereocenters. The highest BCUT2D eigenvalue weighted by atomic mass is 19.1. The minimum Gasteiger partial charge on any atom is -0.452 e. The summed E-state index contributed by atoms with van der Waals surface area (Å²) in [6.45, 7) is 1.63. The molecule has 0 radical (unpaired) electrons. The summed E-state index contributed by atoms with van der Waals surface area (Å²) in [5.41, 5.74) is 0.226. The van der Waals surface area contributed by atoms with Gasteiger partial charge in [0.2, 0.25) is 0 Å². The monoisotopic (exact) mass is 265 g/mol. The molecule has 0 unspecified atom stereocenters.